The molecule has 2 rings (SSSR count). The Morgan fingerprint density at radius 3 is 2.21 bits per heavy atom. The van der Waals surface area contributed by atoms with Gasteiger partial charge in [0.25, 0.3) is 0 Å². The summed E-state index contributed by atoms with van der Waals surface area (Å²) < 4.78 is 1.87. The SMILES string of the molecule is Cc1ccc(C)n1NC(=O)C1(CN)CCCCCC1. The van der Waals surface area contributed by atoms with Gasteiger partial charge in [-0.2, -0.15) is 0 Å². The van der Waals surface area contributed by atoms with Crippen LogP contribution in [0.5, 0.6) is 0 Å². The van der Waals surface area contributed by atoms with Crippen LogP contribution in [0.2, 0.25) is 0 Å². The first-order valence-electron chi connectivity index (χ1n) is 7.25. The van der Waals surface area contributed by atoms with Gasteiger partial charge in [-0.25, -0.2) is 0 Å². The highest BCUT2D eigenvalue weighted by Gasteiger charge is 2.37. The number of amides is 1. The lowest BCUT2D eigenvalue weighted by atomic mass is 9.79. The molecule has 0 unspecified atom stereocenters. The Labute approximate surface area is 115 Å². The number of nitrogens with one attached hydrogen (secondary N) is 1. The van der Waals surface area contributed by atoms with Gasteiger partial charge in [0.1, 0.15) is 0 Å². The van der Waals surface area contributed by atoms with E-state index in [9.17, 15) is 4.79 Å². The number of hydrogen-bond acceptors (Lipinski definition) is 2. The second-order valence-corrected chi connectivity index (χ2v) is 5.79. The van der Waals surface area contributed by atoms with Crippen LogP contribution in [-0.4, -0.2) is 17.1 Å². The van der Waals surface area contributed by atoms with Gasteiger partial charge < -0.3 is 5.73 Å². The summed E-state index contributed by atoms with van der Waals surface area (Å²) in [6.45, 7) is 4.43. The molecular weight excluding hydrogens is 238 g/mol. The Hall–Kier alpha value is -1.29. The predicted molar refractivity (Wildman–Crippen MR) is 77.5 cm³/mol. The minimum atomic E-state index is -0.375. The van der Waals surface area contributed by atoms with Crippen molar-refractivity contribution in [1.82, 2.24) is 4.68 Å². The van der Waals surface area contributed by atoms with Crippen LogP contribution in [0, 0.1) is 19.3 Å². The molecule has 4 nitrogen and oxygen atoms in total. The summed E-state index contributed by atoms with van der Waals surface area (Å²) in [4.78, 5) is 12.7. The van der Waals surface area contributed by atoms with E-state index < -0.39 is 0 Å². The fourth-order valence-corrected chi connectivity index (χ4v) is 2.99. The molecule has 1 aliphatic rings. The van der Waals surface area contributed by atoms with Crippen molar-refractivity contribution in [2.45, 2.75) is 52.4 Å². The van der Waals surface area contributed by atoms with Gasteiger partial charge >= 0.3 is 0 Å². The van der Waals surface area contributed by atoms with Crippen LogP contribution < -0.4 is 11.2 Å². The summed E-state index contributed by atoms with van der Waals surface area (Å²) in [6.07, 6.45) is 6.47. The van der Waals surface area contributed by atoms with Crippen molar-refractivity contribution < 1.29 is 4.79 Å². The van der Waals surface area contributed by atoms with Crippen molar-refractivity contribution in [3.63, 3.8) is 0 Å². The van der Waals surface area contributed by atoms with Gasteiger partial charge in [-0.15, -0.1) is 0 Å². The summed E-state index contributed by atoms with van der Waals surface area (Å²) in [5.74, 6) is 0.0827. The minimum absolute atomic E-state index is 0.0827. The first-order chi connectivity index (χ1) is 9.09. The van der Waals surface area contributed by atoms with Gasteiger partial charge in [0.15, 0.2) is 0 Å². The summed E-state index contributed by atoms with van der Waals surface area (Å²) in [6, 6.07) is 4.02. The standard InChI is InChI=1S/C15H25N3O/c1-12-7-8-13(2)18(12)17-14(19)15(11-16)9-5-3-4-6-10-15/h7-8H,3-6,9-11,16H2,1-2H3,(H,17,19). The average molecular weight is 263 g/mol. The molecule has 1 aromatic rings. The molecule has 0 aliphatic heterocycles. The first-order valence-corrected chi connectivity index (χ1v) is 7.25. The van der Waals surface area contributed by atoms with E-state index >= 15 is 0 Å². The van der Waals surface area contributed by atoms with Crippen LogP contribution in [-0.2, 0) is 4.79 Å². The monoisotopic (exact) mass is 263 g/mol. The number of aryl methyl sites for hydroxylation is 2. The zero-order chi connectivity index (χ0) is 13.9. The molecule has 0 radical (unpaired) electrons. The third-order valence-electron chi connectivity index (χ3n) is 4.42. The second kappa shape index (κ2) is 5.78. The lowest BCUT2D eigenvalue weighted by molar-refractivity contribution is -0.126. The van der Waals surface area contributed by atoms with Crippen LogP contribution in [0.3, 0.4) is 0 Å². The molecule has 1 fully saturated rings. The largest absolute Gasteiger partial charge is 0.329 e. The molecule has 3 N–H and O–H groups in total. The molecule has 106 valence electrons. The lowest BCUT2D eigenvalue weighted by Gasteiger charge is -2.30. The first kappa shape index (κ1) is 14.1. The van der Waals surface area contributed by atoms with Crippen molar-refractivity contribution in [2.24, 2.45) is 11.1 Å². The third kappa shape index (κ3) is 2.84. The average Bonchev–Trinajstić information content (AvgIpc) is 2.63. The number of aromatic nitrogens is 1. The molecule has 0 spiro atoms. The summed E-state index contributed by atoms with van der Waals surface area (Å²) in [5.41, 5.74) is 10.7. The van der Waals surface area contributed by atoms with Crippen molar-refractivity contribution in [3.8, 4) is 0 Å². The molecule has 1 aliphatic carbocycles. The predicted octanol–water partition coefficient (Wildman–Crippen LogP) is 2.47. The molecule has 0 saturated heterocycles. The van der Waals surface area contributed by atoms with Crippen molar-refractivity contribution >= 4 is 5.91 Å². The van der Waals surface area contributed by atoms with Crippen molar-refractivity contribution in [2.75, 3.05) is 12.0 Å². The lowest BCUT2D eigenvalue weighted by Crippen LogP contribution is -2.45. The molecule has 4 heteroatoms. The second-order valence-electron chi connectivity index (χ2n) is 5.79. The smallest absolute Gasteiger partial charge is 0.246 e. The van der Waals surface area contributed by atoms with Crippen molar-refractivity contribution in [1.29, 1.82) is 0 Å². The van der Waals surface area contributed by atoms with Crippen molar-refractivity contribution in [3.05, 3.63) is 23.5 Å². The molecule has 1 amide bonds. The maximum atomic E-state index is 12.7. The van der Waals surface area contributed by atoms with E-state index in [-0.39, 0.29) is 11.3 Å². The van der Waals surface area contributed by atoms with Gasteiger partial charge in [-0.3, -0.25) is 14.9 Å². The Kier molecular flexibility index (Phi) is 4.30. The Morgan fingerprint density at radius 2 is 1.74 bits per heavy atom. The summed E-state index contributed by atoms with van der Waals surface area (Å²) in [7, 11) is 0. The number of hydrogen-bond donors (Lipinski definition) is 2. The normalized spacial score (nSPS) is 18.9. The summed E-state index contributed by atoms with van der Waals surface area (Å²) in [5, 5.41) is 0. The van der Waals surface area contributed by atoms with Crippen LogP contribution in [0.25, 0.3) is 0 Å². The molecule has 1 heterocycles. The molecule has 0 atom stereocenters. The molecule has 19 heavy (non-hydrogen) atoms. The Morgan fingerprint density at radius 1 is 1.21 bits per heavy atom. The Bertz CT molecular complexity index is 423. The highest BCUT2D eigenvalue weighted by Crippen LogP contribution is 2.34. The number of nitrogens with zero attached hydrogens (tertiary/aromatic N) is 1. The molecule has 1 saturated carbocycles. The van der Waals surface area contributed by atoms with E-state index in [1.807, 2.05) is 30.7 Å². The van der Waals surface area contributed by atoms with E-state index in [1.165, 1.54) is 12.8 Å². The van der Waals surface area contributed by atoms with E-state index in [0.29, 0.717) is 6.54 Å². The Balaban J connectivity index is 2.16. The van der Waals surface area contributed by atoms with Gasteiger partial charge in [-0.1, -0.05) is 25.7 Å². The number of carbonyl (C=O) groups excluding carboxylic acids is 1. The van der Waals surface area contributed by atoms with Crippen LogP contribution >= 0.6 is 0 Å². The number of nitrogens with two attached hydrogens (primary N) is 1. The van der Waals surface area contributed by atoms with Crippen LogP contribution in [0.15, 0.2) is 12.1 Å². The molecule has 0 bridgehead atoms. The van der Waals surface area contributed by atoms with Gasteiger partial charge in [-0.05, 0) is 38.8 Å². The fraction of sp³-hybridized carbons (Fsp3) is 0.667. The molecule has 1 aromatic heterocycles. The highest BCUT2D eigenvalue weighted by atomic mass is 16.2. The zero-order valence-corrected chi connectivity index (χ0v) is 12.0. The fourth-order valence-electron chi connectivity index (χ4n) is 2.99. The van der Waals surface area contributed by atoms with Crippen LogP contribution in [0.1, 0.15) is 49.9 Å². The summed E-state index contributed by atoms with van der Waals surface area (Å²) >= 11 is 0. The van der Waals surface area contributed by atoms with Crippen LogP contribution in [0.4, 0.5) is 0 Å². The van der Waals surface area contributed by atoms with Gasteiger partial charge in [0.05, 0.1) is 5.41 Å². The highest BCUT2D eigenvalue weighted by molar-refractivity contribution is 5.89. The van der Waals surface area contributed by atoms with Gasteiger partial charge in [0.2, 0.25) is 5.91 Å². The molecule has 0 aromatic carbocycles. The topological polar surface area (TPSA) is 60.0 Å². The maximum Gasteiger partial charge on any atom is 0.246 e. The third-order valence-corrected chi connectivity index (χ3v) is 4.42. The number of rotatable bonds is 3. The van der Waals surface area contributed by atoms with E-state index in [4.69, 9.17) is 5.73 Å². The van der Waals surface area contributed by atoms with E-state index in [1.54, 1.807) is 0 Å². The van der Waals surface area contributed by atoms with E-state index in [2.05, 4.69) is 5.43 Å². The maximum absolute atomic E-state index is 12.7. The molecular formula is C15H25N3O. The quantitative estimate of drug-likeness (QED) is 0.823. The minimum Gasteiger partial charge on any atom is -0.329 e. The zero-order valence-electron chi connectivity index (χ0n) is 12.0. The number of carbonyl (C=O) groups is 1. The van der Waals surface area contributed by atoms with Gasteiger partial charge in [0, 0.05) is 17.9 Å². The van der Waals surface area contributed by atoms with E-state index in [0.717, 1.165) is 37.1 Å².